The fourth-order valence-corrected chi connectivity index (χ4v) is 5.46. The van der Waals surface area contributed by atoms with E-state index in [1.807, 2.05) is 91.8 Å². The molecule has 0 atom stereocenters. The predicted molar refractivity (Wildman–Crippen MR) is 166 cm³/mol. The third-order valence-corrected chi connectivity index (χ3v) is 8.57. The molecule has 4 rings (SSSR count). The van der Waals surface area contributed by atoms with Crippen LogP contribution in [-0.4, -0.2) is 66.6 Å². The quantitative estimate of drug-likeness (QED) is 0.300. The van der Waals surface area contributed by atoms with E-state index in [2.05, 4.69) is 17.9 Å². The highest BCUT2D eigenvalue weighted by molar-refractivity contribution is 6.62. The minimum Gasteiger partial charge on any atom is -0.457 e. The Labute approximate surface area is 251 Å². The van der Waals surface area contributed by atoms with Crippen LogP contribution in [-0.2, 0) is 25.4 Å². The number of benzene rings is 2. The number of carbonyl (C=O) groups is 2. The van der Waals surface area contributed by atoms with Crippen LogP contribution in [0.15, 0.2) is 42.5 Å². The summed E-state index contributed by atoms with van der Waals surface area (Å²) in [6, 6.07) is 13.8. The van der Waals surface area contributed by atoms with Crippen LogP contribution in [0.3, 0.4) is 0 Å². The van der Waals surface area contributed by atoms with Gasteiger partial charge < -0.3 is 28.6 Å². The molecule has 0 radical (unpaired) electrons. The van der Waals surface area contributed by atoms with Gasteiger partial charge in [0, 0.05) is 31.4 Å². The number of esters is 1. The van der Waals surface area contributed by atoms with Gasteiger partial charge in [0.2, 0.25) is 0 Å². The number of carbonyl (C=O) groups excluding carboxylic acids is 2. The van der Waals surface area contributed by atoms with Crippen molar-refractivity contribution in [2.45, 2.75) is 105 Å². The summed E-state index contributed by atoms with van der Waals surface area (Å²) in [5, 5.41) is 0. The number of ether oxygens (including phenoxy) is 2. The van der Waals surface area contributed by atoms with Gasteiger partial charge in [-0.2, -0.15) is 0 Å². The maximum Gasteiger partial charge on any atom is 0.494 e. The first-order valence-corrected chi connectivity index (χ1v) is 15.1. The number of hydrogen-bond acceptors (Lipinski definition) is 7. The smallest absolute Gasteiger partial charge is 0.457 e. The van der Waals surface area contributed by atoms with Crippen molar-refractivity contribution in [1.29, 1.82) is 0 Å². The maximum absolute atomic E-state index is 13.6. The van der Waals surface area contributed by atoms with Crippen molar-refractivity contribution in [3.63, 3.8) is 0 Å². The first kappa shape index (κ1) is 31.9. The van der Waals surface area contributed by atoms with E-state index in [0.29, 0.717) is 18.7 Å². The minimum absolute atomic E-state index is 0.189. The van der Waals surface area contributed by atoms with E-state index in [1.54, 1.807) is 4.90 Å². The summed E-state index contributed by atoms with van der Waals surface area (Å²) in [5.41, 5.74) is 2.45. The van der Waals surface area contributed by atoms with E-state index < -0.39 is 23.9 Å². The SMILES string of the molecule is CCN(c1cc(B2OC(C)(C)C(C)(C)O2)cc(C(=O)OCc2ccccc2)c1C)C1CCN(C(=O)OC(C)(C)C)CC1. The molecule has 228 valence electrons. The van der Waals surface area contributed by atoms with E-state index in [0.717, 1.165) is 41.7 Å². The van der Waals surface area contributed by atoms with Crippen LogP contribution in [0.5, 0.6) is 0 Å². The van der Waals surface area contributed by atoms with Gasteiger partial charge in [0.1, 0.15) is 12.2 Å². The van der Waals surface area contributed by atoms with Gasteiger partial charge in [0.05, 0.1) is 16.8 Å². The van der Waals surface area contributed by atoms with Gasteiger partial charge in [-0.1, -0.05) is 30.3 Å². The third-order valence-electron chi connectivity index (χ3n) is 8.57. The lowest BCUT2D eigenvalue weighted by molar-refractivity contribution is 0.00578. The molecule has 1 amide bonds. The van der Waals surface area contributed by atoms with Crippen LogP contribution >= 0.6 is 0 Å². The average molecular weight is 579 g/mol. The molecule has 8 nitrogen and oxygen atoms in total. The van der Waals surface area contributed by atoms with E-state index >= 15 is 0 Å². The minimum atomic E-state index is -0.622. The second-order valence-corrected chi connectivity index (χ2v) is 13.3. The van der Waals surface area contributed by atoms with Crippen molar-refractivity contribution >= 4 is 30.3 Å². The molecule has 0 aliphatic carbocycles. The number of likely N-dealkylation sites (tertiary alicyclic amines) is 1. The molecule has 2 aliphatic heterocycles. The molecule has 2 fully saturated rings. The molecular formula is C33H47BN2O6. The Balaban J connectivity index is 1.63. The summed E-state index contributed by atoms with van der Waals surface area (Å²) in [4.78, 5) is 30.4. The largest absolute Gasteiger partial charge is 0.494 e. The molecule has 0 saturated carbocycles. The van der Waals surface area contributed by atoms with Gasteiger partial charge in [-0.3, -0.25) is 0 Å². The highest BCUT2D eigenvalue weighted by Crippen LogP contribution is 2.37. The Hall–Kier alpha value is -3.04. The Kier molecular flexibility index (Phi) is 9.33. The van der Waals surface area contributed by atoms with Gasteiger partial charge >= 0.3 is 19.2 Å². The second-order valence-electron chi connectivity index (χ2n) is 13.3. The molecule has 0 bridgehead atoms. The molecule has 2 aromatic carbocycles. The molecule has 2 aromatic rings. The molecule has 2 aliphatic rings. The molecule has 42 heavy (non-hydrogen) atoms. The van der Waals surface area contributed by atoms with Crippen LogP contribution in [0, 0.1) is 6.92 Å². The molecule has 0 N–H and O–H groups in total. The van der Waals surface area contributed by atoms with Crippen molar-refractivity contribution in [2.24, 2.45) is 0 Å². The summed E-state index contributed by atoms with van der Waals surface area (Å²) in [6.45, 7) is 20.0. The van der Waals surface area contributed by atoms with E-state index in [9.17, 15) is 9.59 Å². The van der Waals surface area contributed by atoms with Gasteiger partial charge in [-0.25, -0.2) is 9.59 Å². The van der Waals surface area contributed by atoms with Crippen molar-refractivity contribution in [2.75, 3.05) is 24.5 Å². The highest BCUT2D eigenvalue weighted by Gasteiger charge is 2.52. The number of nitrogens with zero attached hydrogens (tertiary/aromatic N) is 2. The zero-order chi connectivity index (χ0) is 30.9. The van der Waals surface area contributed by atoms with Crippen LogP contribution in [0.2, 0.25) is 0 Å². The summed E-state index contributed by atoms with van der Waals surface area (Å²) >= 11 is 0. The van der Waals surface area contributed by atoms with Crippen molar-refractivity contribution in [1.82, 2.24) is 4.90 Å². The van der Waals surface area contributed by atoms with Crippen LogP contribution < -0.4 is 10.4 Å². The van der Waals surface area contributed by atoms with Gasteiger partial charge in [0.15, 0.2) is 0 Å². The van der Waals surface area contributed by atoms with Crippen LogP contribution in [0.1, 0.15) is 89.7 Å². The van der Waals surface area contributed by atoms with Crippen molar-refractivity contribution < 1.29 is 28.4 Å². The van der Waals surface area contributed by atoms with E-state index in [1.165, 1.54) is 0 Å². The lowest BCUT2D eigenvalue weighted by Crippen LogP contribution is -2.48. The average Bonchev–Trinajstić information content (AvgIpc) is 3.15. The fourth-order valence-electron chi connectivity index (χ4n) is 5.46. The third kappa shape index (κ3) is 7.12. The first-order chi connectivity index (χ1) is 19.6. The van der Waals surface area contributed by atoms with Crippen molar-refractivity contribution in [3.8, 4) is 0 Å². The lowest BCUT2D eigenvalue weighted by atomic mass is 9.77. The van der Waals surface area contributed by atoms with Gasteiger partial charge in [-0.05, 0) is 104 Å². The number of hydrogen-bond donors (Lipinski definition) is 0. The van der Waals surface area contributed by atoms with Crippen LogP contribution in [0.4, 0.5) is 10.5 Å². The Bertz CT molecular complexity index is 1250. The Morgan fingerprint density at radius 3 is 2.17 bits per heavy atom. The molecule has 9 heteroatoms. The summed E-state index contributed by atoms with van der Waals surface area (Å²) in [6.07, 6.45) is 1.31. The molecule has 0 aromatic heterocycles. The predicted octanol–water partition coefficient (Wildman–Crippen LogP) is 5.88. The van der Waals surface area contributed by atoms with Gasteiger partial charge in [0.25, 0.3) is 0 Å². The lowest BCUT2D eigenvalue weighted by Gasteiger charge is -2.40. The maximum atomic E-state index is 13.6. The normalized spacial score (nSPS) is 18.6. The first-order valence-electron chi connectivity index (χ1n) is 15.1. The standard InChI is InChI=1S/C33H47BN2O6/c1-10-36(26-16-18-35(19-17-26)30(38)40-31(3,4)5)28-21-25(34-41-32(6,7)33(8,9)42-34)20-27(23(28)2)29(37)39-22-24-14-12-11-13-15-24/h11-15,20-21,26H,10,16-19,22H2,1-9H3. The number of amides is 1. The number of rotatable bonds is 7. The molecule has 2 heterocycles. The Morgan fingerprint density at radius 1 is 1.02 bits per heavy atom. The van der Waals surface area contributed by atoms with E-state index in [4.69, 9.17) is 18.8 Å². The zero-order valence-corrected chi connectivity index (χ0v) is 26.8. The number of anilines is 1. The highest BCUT2D eigenvalue weighted by atomic mass is 16.7. The second kappa shape index (κ2) is 12.3. The fraction of sp³-hybridized carbons (Fsp3) is 0.576. The number of piperidine rings is 1. The summed E-state index contributed by atoms with van der Waals surface area (Å²) < 4.78 is 24.2. The molecule has 0 spiro atoms. The summed E-state index contributed by atoms with van der Waals surface area (Å²) in [7, 11) is -0.622. The summed E-state index contributed by atoms with van der Waals surface area (Å²) in [5.74, 6) is -0.383. The molecule has 2 saturated heterocycles. The Morgan fingerprint density at radius 2 is 1.62 bits per heavy atom. The van der Waals surface area contributed by atoms with Gasteiger partial charge in [-0.15, -0.1) is 0 Å². The topological polar surface area (TPSA) is 77.5 Å². The van der Waals surface area contributed by atoms with Crippen molar-refractivity contribution in [3.05, 3.63) is 59.2 Å². The van der Waals surface area contributed by atoms with E-state index in [-0.39, 0.29) is 24.7 Å². The zero-order valence-electron chi connectivity index (χ0n) is 26.8. The molecule has 0 unspecified atom stereocenters. The monoisotopic (exact) mass is 578 g/mol. The molecular weight excluding hydrogens is 531 g/mol. The van der Waals surface area contributed by atoms with Crippen LogP contribution in [0.25, 0.3) is 0 Å².